The number of hydrogen-bond acceptors (Lipinski definition) is 6. The third-order valence-corrected chi connectivity index (χ3v) is 10.5. The van der Waals surface area contributed by atoms with Crippen LogP contribution in [-0.4, -0.2) is 101 Å². The Balaban J connectivity index is 1.58. The highest BCUT2D eigenvalue weighted by Crippen LogP contribution is 2.46. The van der Waals surface area contributed by atoms with Crippen LogP contribution in [0.5, 0.6) is 0 Å². The van der Waals surface area contributed by atoms with Gasteiger partial charge in [-0.05, 0) is 105 Å². The predicted molar refractivity (Wildman–Crippen MR) is 189 cm³/mol. The van der Waals surface area contributed by atoms with E-state index in [1.807, 2.05) is 49.8 Å². The van der Waals surface area contributed by atoms with Crippen molar-refractivity contribution in [3.05, 3.63) is 34.9 Å². The second kappa shape index (κ2) is 15.0. The van der Waals surface area contributed by atoms with Gasteiger partial charge in [0.1, 0.15) is 17.2 Å². The van der Waals surface area contributed by atoms with Gasteiger partial charge >= 0.3 is 6.09 Å². The molecule has 1 unspecified atom stereocenters. The molecule has 1 aromatic carbocycles. The summed E-state index contributed by atoms with van der Waals surface area (Å²) in [5.74, 6) is -0.220. The summed E-state index contributed by atoms with van der Waals surface area (Å²) in [6, 6.07) is 6.39. The molecule has 1 aromatic rings. The molecule has 2 heterocycles. The van der Waals surface area contributed by atoms with E-state index >= 15 is 0 Å². The molecule has 2 N–H and O–H groups in total. The molecule has 2 atom stereocenters. The van der Waals surface area contributed by atoms with Gasteiger partial charge in [-0.2, -0.15) is 0 Å². The van der Waals surface area contributed by atoms with E-state index in [2.05, 4.69) is 10.6 Å². The van der Waals surface area contributed by atoms with Crippen molar-refractivity contribution < 1.29 is 23.9 Å². The highest BCUT2D eigenvalue weighted by Gasteiger charge is 2.51. The number of carbonyl (C=O) groups excluding carboxylic acids is 4. The number of carbonyl (C=O) groups is 4. The van der Waals surface area contributed by atoms with E-state index < -0.39 is 34.6 Å². The summed E-state index contributed by atoms with van der Waals surface area (Å²) in [4.78, 5) is 61.3. The second-order valence-electron chi connectivity index (χ2n) is 16.5. The van der Waals surface area contributed by atoms with Crippen LogP contribution in [0.3, 0.4) is 0 Å². The monoisotopic (exact) mass is 687 g/mol. The minimum atomic E-state index is -1.27. The lowest BCUT2D eigenvalue weighted by molar-refractivity contribution is -0.148. The van der Waals surface area contributed by atoms with Crippen LogP contribution >= 0.6 is 11.6 Å². The van der Waals surface area contributed by atoms with Gasteiger partial charge in [0, 0.05) is 49.7 Å². The van der Waals surface area contributed by atoms with Crippen molar-refractivity contribution in [3.8, 4) is 0 Å². The Hall–Kier alpha value is -2.85. The lowest BCUT2D eigenvalue weighted by Crippen LogP contribution is -2.69. The van der Waals surface area contributed by atoms with E-state index in [4.69, 9.17) is 16.3 Å². The fourth-order valence-electron chi connectivity index (χ4n) is 7.67. The summed E-state index contributed by atoms with van der Waals surface area (Å²) in [5.41, 5.74) is -2.01. The predicted octanol–water partition coefficient (Wildman–Crippen LogP) is 5.41. The molecule has 0 spiro atoms. The normalized spacial score (nSPS) is 23.3. The summed E-state index contributed by atoms with van der Waals surface area (Å²) in [6.07, 6.45) is 6.38. The van der Waals surface area contributed by atoms with E-state index in [9.17, 15) is 19.2 Å². The highest BCUT2D eigenvalue weighted by atomic mass is 35.5. The summed E-state index contributed by atoms with van der Waals surface area (Å²) >= 11 is 6.17. The number of nitrogens with zero attached hydrogens (tertiary/aromatic N) is 3. The molecule has 48 heavy (non-hydrogen) atoms. The molecule has 11 heteroatoms. The van der Waals surface area contributed by atoms with Crippen molar-refractivity contribution >= 4 is 35.4 Å². The number of likely N-dealkylation sites (tertiary alicyclic amines) is 1. The zero-order valence-corrected chi connectivity index (χ0v) is 31.2. The Kier molecular flexibility index (Phi) is 11.8. The van der Waals surface area contributed by atoms with Crippen LogP contribution in [0.25, 0.3) is 0 Å². The molecular formula is C37H58ClN5O5. The number of piperazine rings is 1. The number of rotatable bonds is 7. The number of halogens is 1. The topological polar surface area (TPSA) is 111 Å². The van der Waals surface area contributed by atoms with Crippen LogP contribution in [0.1, 0.15) is 99.0 Å². The first kappa shape index (κ1) is 38.0. The zero-order valence-electron chi connectivity index (χ0n) is 30.4. The number of benzene rings is 1. The zero-order chi connectivity index (χ0) is 35.5. The number of ether oxygens (including phenoxy) is 1. The van der Waals surface area contributed by atoms with Gasteiger partial charge in [0.25, 0.3) is 0 Å². The van der Waals surface area contributed by atoms with Crippen LogP contribution in [-0.2, 0) is 25.5 Å². The number of hydrogen-bond donors (Lipinski definition) is 2. The van der Waals surface area contributed by atoms with Gasteiger partial charge in [0.15, 0.2) is 0 Å². The largest absolute Gasteiger partial charge is 0.444 e. The third kappa shape index (κ3) is 9.23. The quantitative estimate of drug-likeness (QED) is 0.397. The maximum atomic E-state index is 14.4. The minimum absolute atomic E-state index is 0.0941. The van der Waals surface area contributed by atoms with E-state index in [-0.39, 0.29) is 36.2 Å². The number of likely N-dealkylation sites (N-methyl/N-ethyl adjacent to an activating group) is 1. The maximum Gasteiger partial charge on any atom is 0.411 e. The Morgan fingerprint density at radius 1 is 0.917 bits per heavy atom. The average molecular weight is 688 g/mol. The van der Waals surface area contributed by atoms with Gasteiger partial charge in [0.2, 0.25) is 17.7 Å². The van der Waals surface area contributed by atoms with Crippen molar-refractivity contribution in [3.63, 3.8) is 0 Å². The molecule has 10 nitrogen and oxygen atoms in total. The van der Waals surface area contributed by atoms with Crippen molar-refractivity contribution in [1.82, 2.24) is 25.3 Å². The maximum absolute atomic E-state index is 14.4. The minimum Gasteiger partial charge on any atom is -0.444 e. The standard InChI is InChI=1S/C37H58ClN5O5/c1-34(2,3)40-32(46)37(27-12-10-9-11-13-27)18-20-42(21-19-37)30(44)29(24-26-14-16-28(38)17-15-26)39-31(45)36(7)25-41(8)22-23-43(36)33(47)48-35(4,5)6/h14-17,27,29H,9-13,18-25H2,1-8H3,(H,39,45)(H,40,46)/t29-,36?/m1/s1. The lowest BCUT2D eigenvalue weighted by atomic mass is 9.63. The molecule has 268 valence electrons. The fraction of sp³-hybridized carbons (Fsp3) is 0.730. The van der Waals surface area contributed by atoms with Gasteiger partial charge in [0.05, 0.1) is 5.41 Å². The molecule has 0 bridgehead atoms. The molecule has 3 aliphatic rings. The van der Waals surface area contributed by atoms with Crippen molar-refractivity contribution in [2.45, 2.75) is 123 Å². The van der Waals surface area contributed by atoms with E-state index in [1.54, 1.807) is 39.8 Å². The molecule has 1 aliphatic carbocycles. The van der Waals surface area contributed by atoms with Gasteiger partial charge in [-0.15, -0.1) is 0 Å². The molecule has 4 amide bonds. The van der Waals surface area contributed by atoms with Gasteiger partial charge in [-0.1, -0.05) is 43.0 Å². The van der Waals surface area contributed by atoms with Crippen molar-refractivity contribution in [2.24, 2.45) is 11.3 Å². The van der Waals surface area contributed by atoms with Crippen LogP contribution in [0, 0.1) is 11.3 Å². The first-order chi connectivity index (χ1) is 22.3. The van der Waals surface area contributed by atoms with Crippen molar-refractivity contribution in [1.29, 1.82) is 0 Å². The molecule has 2 aliphatic heterocycles. The Morgan fingerprint density at radius 3 is 2.08 bits per heavy atom. The fourth-order valence-corrected chi connectivity index (χ4v) is 7.80. The van der Waals surface area contributed by atoms with Crippen LogP contribution in [0.4, 0.5) is 4.79 Å². The summed E-state index contributed by atoms with van der Waals surface area (Å²) < 4.78 is 5.70. The highest BCUT2D eigenvalue weighted by molar-refractivity contribution is 6.30. The summed E-state index contributed by atoms with van der Waals surface area (Å²) in [6.45, 7) is 15.2. The molecule has 0 aromatic heterocycles. The molecule has 2 saturated heterocycles. The SMILES string of the molecule is CN1CCN(C(=O)OC(C)(C)C)C(C)(C(=O)N[C@H](Cc2ccc(Cl)cc2)C(=O)N2CCC(C(=O)NC(C)(C)C)(C3CCCCC3)CC2)C1. The number of nitrogens with one attached hydrogen (secondary N) is 2. The Morgan fingerprint density at radius 2 is 1.52 bits per heavy atom. The van der Waals surface area contributed by atoms with Crippen LogP contribution in [0.2, 0.25) is 5.02 Å². The Bertz CT molecular complexity index is 1310. The Labute approximate surface area is 292 Å². The second-order valence-corrected chi connectivity index (χ2v) is 17.0. The number of amides is 4. The average Bonchev–Trinajstić information content (AvgIpc) is 3.00. The summed E-state index contributed by atoms with van der Waals surface area (Å²) in [7, 11) is 1.91. The van der Waals surface area contributed by atoms with Crippen LogP contribution in [0.15, 0.2) is 24.3 Å². The van der Waals surface area contributed by atoms with Gasteiger partial charge < -0.3 is 25.2 Å². The summed E-state index contributed by atoms with van der Waals surface area (Å²) in [5, 5.41) is 6.93. The molecule has 4 rings (SSSR count). The number of piperidine rings is 1. The lowest BCUT2D eigenvalue weighted by Gasteiger charge is -2.48. The van der Waals surface area contributed by atoms with Gasteiger partial charge in [-0.25, -0.2) is 4.79 Å². The first-order valence-electron chi connectivity index (χ1n) is 17.7. The molecule has 0 radical (unpaired) electrons. The van der Waals surface area contributed by atoms with E-state index in [1.165, 1.54) is 11.3 Å². The van der Waals surface area contributed by atoms with E-state index in [0.29, 0.717) is 44.0 Å². The smallest absolute Gasteiger partial charge is 0.411 e. The molecule has 3 fully saturated rings. The van der Waals surface area contributed by atoms with E-state index in [0.717, 1.165) is 31.2 Å². The first-order valence-corrected chi connectivity index (χ1v) is 18.1. The van der Waals surface area contributed by atoms with Crippen molar-refractivity contribution in [2.75, 3.05) is 39.8 Å². The molecular weight excluding hydrogens is 630 g/mol. The van der Waals surface area contributed by atoms with Gasteiger partial charge in [-0.3, -0.25) is 19.3 Å². The van der Waals surface area contributed by atoms with Crippen LogP contribution < -0.4 is 10.6 Å². The molecule has 1 saturated carbocycles. The third-order valence-electron chi connectivity index (χ3n) is 10.2.